The molecule has 1 saturated heterocycles. The van der Waals surface area contributed by atoms with Crippen LogP contribution in [0.15, 0.2) is 70.8 Å². The van der Waals surface area contributed by atoms with Crippen LogP contribution in [0.2, 0.25) is 0 Å². The molecule has 1 aliphatic heterocycles. The van der Waals surface area contributed by atoms with Gasteiger partial charge in [-0.1, -0.05) is 42.0 Å². The summed E-state index contributed by atoms with van der Waals surface area (Å²) in [6, 6.07) is 17.4. The Morgan fingerprint density at radius 2 is 1.74 bits per heavy atom. The van der Waals surface area contributed by atoms with Gasteiger partial charge in [-0.25, -0.2) is 9.59 Å². The van der Waals surface area contributed by atoms with Gasteiger partial charge < -0.3 is 14.5 Å². The van der Waals surface area contributed by atoms with E-state index in [0.29, 0.717) is 17.1 Å². The van der Waals surface area contributed by atoms with Crippen molar-refractivity contribution < 1.29 is 23.5 Å². The number of carbonyl (C=O) groups is 3. The Morgan fingerprint density at radius 3 is 2.42 bits per heavy atom. The first-order valence-electron chi connectivity index (χ1n) is 9.63. The van der Waals surface area contributed by atoms with Crippen LogP contribution >= 0.6 is 0 Å². The van der Waals surface area contributed by atoms with E-state index in [1.54, 1.807) is 36.4 Å². The maximum atomic E-state index is 12.7. The van der Waals surface area contributed by atoms with Gasteiger partial charge in [0.05, 0.1) is 19.2 Å². The van der Waals surface area contributed by atoms with E-state index < -0.39 is 17.9 Å². The number of benzene rings is 2. The van der Waals surface area contributed by atoms with Crippen LogP contribution in [0, 0.1) is 6.92 Å². The van der Waals surface area contributed by atoms with Gasteiger partial charge in [-0.15, -0.1) is 0 Å². The third kappa shape index (κ3) is 4.25. The van der Waals surface area contributed by atoms with E-state index in [1.165, 1.54) is 13.2 Å². The molecule has 7 nitrogen and oxygen atoms in total. The number of nitrogens with zero attached hydrogens (tertiary/aromatic N) is 1. The number of aryl methyl sites for hydroxylation is 1. The molecule has 0 unspecified atom stereocenters. The molecule has 7 heteroatoms. The van der Waals surface area contributed by atoms with Gasteiger partial charge in [0, 0.05) is 11.6 Å². The number of esters is 1. The summed E-state index contributed by atoms with van der Waals surface area (Å²) in [6.07, 6.45) is 1.50. The van der Waals surface area contributed by atoms with Crippen molar-refractivity contribution in [2.45, 2.75) is 13.5 Å². The summed E-state index contributed by atoms with van der Waals surface area (Å²) in [5.41, 5.74) is 3.33. The van der Waals surface area contributed by atoms with Crippen molar-refractivity contribution >= 4 is 24.0 Å². The molecule has 2 heterocycles. The van der Waals surface area contributed by atoms with Crippen molar-refractivity contribution in [1.29, 1.82) is 0 Å². The van der Waals surface area contributed by atoms with Crippen molar-refractivity contribution in [3.8, 4) is 11.3 Å². The number of amides is 3. The summed E-state index contributed by atoms with van der Waals surface area (Å²) in [6.45, 7) is 2.17. The molecule has 0 spiro atoms. The first-order chi connectivity index (χ1) is 14.9. The molecule has 0 atom stereocenters. The smallest absolute Gasteiger partial charge is 0.337 e. The number of methoxy groups -OCH3 is 1. The fraction of sp³-hybridized carbons (Fsp3) is 0.125. The summed E-state index contributed by atoms with van der Waals surface area (Å²) in [4.78, 5) is 37.7. The van der Waals surface area contributed by atoms with Crippen LogP contribution in [0.5, 0.6) is 0 Å². The molecule has 0 radical (unpaired) electrons. The van der Waals surface area contributed by atoms with Gasteiger partial charge in [-0.3, -0.25) is 9.69 Å². The van der Waals surface area contributed by atoms with Gasteiger partial charge in [0.15, 0.2) is 0 Å². The third-order valence-electron chi connectivity index (χ3n) is 4.93. The third-order valence-corrected chi connectivity index (χ3v) is 4.93. The van der Waals surface area contributed by atoms with E-state index in [-0.39, 0.29) is 12.2 Å². The minimum absolute atomic E-state index is 0.152. The van der Waals surface area contributed by atoms with Crippen LogP contribution in [-0.2, 0) is 16.1 Å². The Labute approximate surface area is 178 Å². The van der Waals surface area contributed by atoms with Crippen molar-refractivity contribution in [1.82, 2.24) is 10.2 Å². The number of imide groups is 1. The van der Waals surface area contributed by atoms with Crippen LogP contribution < -0.4 is 5.32 Å². The van der Waals surface area contributed by atoms with Crippen LogP contribution in [0.25, 0.3) is 17.4 Å². The highest BCUT2D eigenvalue weighted by molar-refractivity contribution is 6.13. The molecule has 3 amide bonds. The molecule has 3 aromatic rings. The second-order valence-electron chi connectivity index (χ2n) is 7.14. The van der Waals surface area contributed by atoms with Crippen LogP contribution in [0.4, 0.5) is 4.79 Å². The van der Waals surface area contributed by atoms with Crippen LogP contribution in [0.3, 0.4) is 0 Å². The van der Waals surface area contributed by atoms with Gasteiger partial charge in [-0.05, 0) is 36.8 Å². The van der Waals surface area contributed by atoms with Crippen molar-refractivity contribution in [3.63, 3.8) is 0 Å². The summed E-state index contributed by atoms with van der Waals surface area (Å²) < 4.78 is 10.5. The minimum atomic E-state index is -0.470. The Bertz CT molecular complexity index is 1170. The molecule has 1 N–H and O–H groups in total. The lowest BCUT2D eigenvalue weighted by Crippen LogP contribution is -2.30. The molecule has 4 rings (SSSR count). The average molecular weight is 416 g/mol. The zero-order valence-electron chi connectivity index (χ0n) is 17.0. The molecule has 0 saturated carbocycles. The Morgan fingerprint density at radius 1 is 1.03 bits per heavy atom. The highest BCUT2D eigenvalue weighted by atomic mass is 16.5. The number of nitrogens with one attached hydrogen (secondary N) is 1. The number of hydrogen-bond acceptors (Lipinski definition) is 5. The van der Waals surface area contributed by atoms with Crippen LogP contribution in [-0.4, -0.2) is 29.9 Å². The number of carbonyl (C=O) groups excluding carboxylic acids is 3. The van der Waals surface area contributed by atoms with Crippen LogP contribution in [0.1, 0.15) is 27.2 Å². The zero-order valence-corrected chi connectivity index (χ0v) is 17.0. The number of rotatable bonds is 5. The van der Waals surface area contributed by atoms with Crippen molar-refractivity contribution in [3.05, 3.63) is 88.8 Å². The Balaban J connectivity index is 1.50. The number of ether oxygens (including phenoxy) is 1. The van der Waals surface area contributed by atoms with Gasteiger partial charge in [-0.2, -0.15) is 0 Å². The van der Waals surface area contributed by atoms with Gasteiger partial charge in [0.25, 0.3) is 5.91 Å². The van der Waals surface area contributed by atoms with Gasteiger partial charge >= 0.3 is 12.0 Å². The lowest BCUT2D eigenvalue weighted by atomic mass is 10.1. The summed E-state index contributed by atoms with van der Waals surface area (Å²) in [5, 5.41) is 2.60. The lowest BCUT2D eigenvalue weighted by Gasteiger charge is -2.11. The van der Waals surface area contributed by atoms with E-state index in [9.17, 15) is 14.4 Å². The van der Waals surface area contributed by atoms with Crippen molar-refractivity contribution in [2.75, 3.05) is 7.11 Å². The Hall–Kier alpha value is -4.13. The van der Waals surface area contributed by atoms with E-state index in [0.717, 1.165) is 21.6 Å². The first kappa shape index (κ1) is 20.2. The second kappa shape index (κ2) is 8.31. The largest absolute Gasteiger partial charge is 0.465 e. The molecule has 2 aromatic carbocycles. The Kier molecular flexibility index (Phi) is 5.41. The SMILES string of the molecule is COC(=O)c1ccc(-c2ccc(/C=C3/NC(=O)N(Cc4ccc(C)cc4)C3=O)o2)cc1. The molecule has 0 bridgehead atoms. The number of furan rings is 1. The minimum Gasteiger partial charge on any atom is -0.465 e. The predicted molar refractivity (Wildman–Crippen MR) is 114 cm³/mol. The molecular weight excluding hydrogens is 396 g/mol. The topological polar surface area (TPSA) is 88.9 Å². The zero-order chi connectivity index (χ0) is 22.0. The molecular formula is C24H20N2O5. The normalized spacial score (nSPS) is 14.8. The molecule has 1 fully saturated rings. The summed E-state index contributed by atoms with van der Waals surface area (Å²) in [7, 11) is 1.33. The molecule has 156 valence electrons. The lowest BCUT2D eigenvalue weighted by molar-refractivity contribution is -0.123. The van der Waals surface area contributed by atoms with Gasteiger partial charge in [0.1, 0.15) is 17.2 Å². The van der Waals surface area contributed by atoms with E-state index in [1.807, 2.05) is 31.2 Å². The average Bonchev–Trinajstić information content (AvgIpc) is 3.35. The number of urea groups is 1. The monoisotopic (exact) mass is 416 g/mol. The maximum absolute atomic E-state index is 12.7. The van der Waals surface area contributed by atoms with E-state index in [2.05, 4.69) is 10.1 Å². The highest BCUT2D eigenvalue weighted by Crippen LogP contribution is 2.25. The molecule has 1 aliphatic rings. The molecule has 0 aliphatic carbocycles. The fourth-order valence-electron chi connectivity index (χ4n) is 3.21. The van der Waals surface area contributed by atoms with E-state index >= 15 is 0 Å². The number of hydrogen-bond donors (Lipinski definition) is 1. The standard InChI is InChI=1S/C24H20N2O5/c1-15-3-5-16(6-4-15)14-26-22(27)20(25-24(26)29)13-19-11-12-21(31-19)17-7-9-18(10-8-17)23(28)30-2/h3-13H,14H2,1-2H3,(H,25,29)/b20-13+. The maximum Gasteiger partial charge on any atom is 0.337 e. The molecule has 1 aromatic heterocycles. The fourth-order valence-corrected chi connectivity index (χ4v) is 3.21. The second-order valence-corrected chi connectivity index (χ2v) is 7.14. The summed E-state index contributed by atoms with van der Waals surface area (Å²) >= 11 is 0. The summed E-state index contributed by atoms with van der Waals surface area (Å²) in [5.74, 6) is 0.164. The predicted octanol–water partition coefficient (Wildman–Crippen LogP) is 4.13. The quantitative estimate of drug-likeness (QED) is 0.384. The van der Waals surface area contributed by atoms with Crippen molar-refractivity contribution in [2.24, 2.45) is 0 Å². The van der Waals surface area contributed by atoms with E-state index in [4.69, 9.17) is 4.42 Å². The molecule has 31 heavy (non-hydrogen) atoms. The first-order valence-corrected chi connectivity index (χ1v) is 9.63. The highest BCUT2D eigenvalue weighted by Gasteiger charge is 2.33. The van der Waals surface area contributed by atoms with Gasteiger partial charge in [0.2, 0.25) is 0 Å².